The van der Waals surface area contributed by atoms with Gasteiger partial charge in [-0.2, -0.15) is 0 Å². The van der Waals surface area contributed by atoms with Gasteiger partial charge in [0.2, 0.25) is 5.43 Å². The molecule has 4 rings (SSSR count). The third-order valence-corrected chi connectivity index (χ3v) is 5.73. The zero-order chi connectivity index (χ0) is 17.6. The molecule has 0 amide bonds. The van der Waals surface area contributed by atoms with E-state index in [1.165, 1.54) is 0 Å². The first-order valence-corrected chi connectivity index (χ1v) is 9.08. The summed E-state index contributed by atoms with van der Waals surface area (Å²) in [5.74, 6) is 0.777. The molecule has 4 aromatic rings. The summed E-state index contributed by atoms with van der Waals surface area (Å²) in [6, 6.07) is 14.0. The highest BCUT2D eigenvalue weighted by atomic mass is 35.5. The molecule has 0 aliphatic carbocycles. The quantitative estimate of drug-likeness (QED) is 0.521. The summed E-state index contributed by atoms with van der Waals surface area (Å²) in [7, 11) is 5.75. The average Bonchev–Trinajstić information content (AvgIpc) is 2.94. The van der Waals surface area contributed by atoms with Gasteiger partial charge in [-0.1, -0.05) is 18.2 Å². The first kappa shape index (κ1) is 18.7. The fourth-order valence-electron chi connectivity index (χ4n) is 3.27. The number of hydrogen-bond acceptors (Lipinski definition) is 4. The van der Waals surface area contributed by atoms with E-state index in [0.29, 0.717) is 0 Å². The van der Waals surface area contributed by atoms with Crippen molar-refractivity contribution in [3.8, 4) is 5.75 Å². The van der Waals surface area contributed by atoms with Crippen molar-refractivity contribution in [2.24, 2.45) is 0 Å². The zero-order valence-electron chi connectivity index (χ0n) is 15.0. The number of benzene rings is 2. The molecule has 6 heteroatoms. The van der Waals surface area contributed by atoms with Crippen LogP contribution in [0.4, 0.5) is 0 Å². The summed E-state index contributed by atoms with van der Waals surface area (Å²) < 4.78 is 9.52. The van der Waals surface area contributed by atoms with Crippen LogP contribution >= 0.6 is 23.7 Å². The van der Waals surface area contributed by atoms with Crippen LogP contribution in [0.25, 0.3) is 31.2 Å². The molecular formula is C20H21ClN2O2S. The number of para-hydroxylation sites is 1. The second-order valence-corrected chi connectivity index (χ2v) is 7.50. The molecule has 26 heavy (non-hydrogen) atoms. The molecule has 0 N–H and O–H groups in total. The molecule has 0 fully saturated rings. The number of likely N-dealkylation sites (N-methyl/N-ethyl adjacent to an activating group) is 1. The molecule has 0 aliphatic rings. The molecule has 0 saturated heterocycles. The van der Waals surface area contributed by atoms with Crippen molar-refractivity contribution < 1.29 is 4.74 Å². The monoisotopic (exact) mass is 388 g/mol. The Balaban J connectivity index is 0.00000196. The minimum Gasteiger partial charge on any atom is -0.497 e. The van der Waals surface area contributed by atoms with Crippen LogP contribution in [-0.2, 0) is 6.54 Å². The van der Waals surface area contributed by atoms with Crippen molar-refractivity contribution >= 4 is 54.9 Å². The summed E-state index contributed by atoms with van der Waals surface area (Å²) >= 11 is 1.67. The lowest BCUT2D eigenvalue weighted by molar-refractivity contribution is 0.389. The number of fused-ring (bicyclic) bond motifs is 4. The Morgan fingerprint density at radius 3 is 2.62 bits per heavy atom. The van der Waals surface area contributed by atoms with Gasteiger partial charge in [0, 0.05) is 28.6 Å². The second kappa shape index (κ2) is 7.27. The van der Waals surface area contributed by atoms with E-state index in [9.17, 15) is 4.79 Å². The average molecular weight is 389 g/mol. The van der Waals surface area contributed by atoms with Crippen LogP contribution in [0.3, 0.4) is 0 Å². The molecule has 0 saturated carbocycles. The Kier molecular flexibility index (Phi) is 5.23. The van der Waals surface area contributed by atoms with Crippen molar-refractivity contribution in [2.75, 3.05) is 27.7 Å². The van der Waals surface area contributed by atoms with E-state index in [1.807, 2.05) is 30.3 Å². The summed E-state index contributed by atoms with van der Waals surface area (Å²) in [5, 5.41) is 1.90. The maximum absolute atomic E-state index is 13.3. The van der Waals surface area contributed by atoms with E-state index in [-0.39, 0.29) is 17.8 Å². The van der Waals surface area contributed by atoms with Gasteiger partial charge in [-0.3, -0.25) is 4.79 Å². The number of nitrogens with zero attached hydrogens (tertiary/aromatic N) is 2. The molecule has 0 bridgehead atoms. The van der Waals surface area contributed by atoms with Gasteiger partial charge < -0.3 is 14.2 Å². The SMILES string of the molecule is COc1ccc2c(=O)c3c(sc2c1)c1ccccc1n3CCN(C)C.Cl. The third-order valence-electron chi connectivity index (χ3n) is 4.56. The predicted octanol–water partition coefficient (Wildman–Crippen LogP) is 4.36. The van der Waals surface area contributed by atoms with E-state index < -0.39 is 0 Å². The highest BCUT2D eigenvalue weighted by molar-refractivity contribution is 7.25. The normalized spacial score (nSPS) is 11.4. The lowest BCUT2D eigenvalue weighted by atomic mass is 10.2. The maximum atomic E-state index is 13.3. The van der Waals surface area contributed by atoms with Crippen LogP contribution in [-0.4, -0.2) is 37.2 Å². The third kappa shape index (κ3) is 2.96. The molecule has 2 aromatic carbocycles. The van der Waals surface area contributed by atoms with Crippen molar-refractivity contribution in [1.29, 1.82) is 0 Å². The smallest absolute Gasteiger partial charge is 0.212 e. The summed E-state index contributed by atoms with van der Waals surface area (Å²) in [5.41, 5.74) is 2.03. The second-order valence-electron chi connectivity index (χ2n) is 6.44. The van der Waals surface area contributed by atoms with E-state index in [2.05, 4.69) is 35.7 Å². The van der Waals surface area contributed by atoms with E-state index >= 15 is 0 Å². The van der Waals surface area contributed by atoms with Crippen molar-refractivity contribution in [3.05, 3.63) is 52.7 Å². The zero-order valence-corrected chi connectivity index (χ0v) is 16.6. The highest BCUT2D eigenvalue weighted by Crippen LogP contribution is 2.34. The van der Waals surface area contributed by atoms with Gasteiger partial charge in [0.25, 0.3) is 0 Å². The van der Waals surface area contributed by atoms with Gasteiger partial charge in [-0.05, 0) is 38.4 Å². The first-order valence-electron chi connectivity index (χ1n) is 8.26. The van der Waals surface area contributed by atoms with E-state index in [0.717, 1.165) is 50.0 Å². The number of hydrogen-bond donors (Lipinski definition) is 0. The van der Waals surface area contributed by atoms with Crippen LogP contribution in [0.5, 0.6) is 5.75 Å². The van der Waals surface area contributed by atoms with Crippen LogP contribution < -0.4 is 10.2 Å². The van der Waals surface area contributed by atoms with Crippen molar-refractivity contribution in [2.45, 2.75) is 6.54 Å². The molecule has 2 heterocycles. The van der Waals surface area contributed by atoms with Crippen LogP contribution in [0.15, 0.2) is 47.3 Å². The van der Waals surface area contributed by atoms with Gasteiger partial charge in [0.15, 0.2) is 0 Å². The number of ether oxygens (including phenoxy) is 1. The van der Waals surface area contributed by atoms with Gasteiger partial charge in [-0.25, -0.2) is 0 Å². The molecule has 0 radical (unpaired) electrons. The predicted molar refractivity (Wildman–Crippen MR) is 113 cm³/mol. The number of methoxy groups -OCH3 is 1. The molecule has 0 unspecified atom stereocenters. The molecular weight excluding hydrogens is 368 g/mol. The highest BCUT2D eigenvalue weighted by Gasteiger charge is 2.16. The minimum absolute atomic E-state index is 0. The first-order chi connectivity index (χ1) is 12.1. The van der Waals surface area contributed by atoms with Gasteiger partial charge in [0.05, 0.1) is 17.3 Å². The fraction of sp³-hybridized carbons (Fsp3) is 0.250. The summed E-state index contributed by atoms with van der Waals surface area (Å²) in [4.78, 5) is 15.4. The lowest BCUT2D eigenvalue weighted by Crippen LogP contribution is -2.19. The Bertz CT molecular complexity index is 1150. The standard InChI is InChI=1S/C20H20N2O2S.ClH/c1-21(2)10-11-22-16-7-5-4-6-14(16)20-18(22)19(23)15-9-8-13(24-3)12-17(15)25-20;/h4-9,12H,10-11H2,1-3H3;1H. The van der Waals surface area contributed by atoms with Gasteiger partial charge in [0.1, 0.15) is 11.3 Å². The van der Waals surface area contributed by atoms with E-state index in [4.69, 9.17) is 4.74 Å². The molecule has 0 spiro atoms. The Hall–Kier alpha value is -2.08. The maximum Gasteiger partial charge on any atom is 0.212 e. The minimum atomic E-state index is 0. The number of halogens is 1. The Labute approximate surface area is 162 Å². The van der Waals surface area contributed by atoms with Crippen LogP contribution in [0.1, 0.15) is 0 Å². The van der Waals surface area contributed by atoms with Crippen molar-refractivity contribution in [3.63, 3.8) is 0 Å². The topological polar surface area (TPSA) is 34.5 Å². The van der Waals surface area contributed by atoms with Gasteiger partial charge >= 0.3 is 0 Å². The summed E-state index contributed by atoms with van der Waals surface area (Å²) in [6.07, 6.45) is 0. The lowest BCUT2D eigenvalue weighted by Gasteiger charge is -2.12. The number of aromatic nitrogens is 1. The molecule has 2 aromatic heterocycles. The van der Waals surface area contributed by atoms with Crippen LogP contribution in [0, 0.1) is 0 Å². The molecule has 4 nitrogen and oxygen atoms in total. The van der Waals surface area contributed by atoms with Gasteiger partial charge in [-0.15, -0.1) is 23.7 Å². The number of rotatable bonds is 4. The Morgan fingerprint density at radius 2 is 1.88 bits per heavy atom. The molecule has 0 aliphatic heterocycles. The Morgan fingerprint density at radius 1 is 1.12 bits per heavy atom. The largest absolute Gasteiger partial charge is 0.497 e. The van der Waals surface area contributed by atoms with Crippen molar-refractivity contribution in [1.82, 2.24) is 9.47 Å². The van der Waals surface area contributed by atoms with Crippen LogP contribution in [0.2, 0.25) is 0 Å². The summed E-state index contributed by atoms with van der Waals surface area (Å²) in [6.45, 7) is 1.68. The fourth-order valence-corrected chi connectivity index (χ4v) is 4.52. The molecule has 0 atom stereocenters. The van der Waals surface area contributed by atoms with E-state index in [1.54, 1.807) is 18.4 Å². The molecule has 136 valence electrons.